The van der Waals surface area contributed by atoms with Crippen LogP contribution in [0.4, 0.5) is 0 Å². The average Bonchev–Trinajstić information content (AvgIpc) is 3.23. The van der Waals surface area contributed by atoms with Crippen LogP contribution in [0.1, 0.15) is 92.4 Å². The van der Waals surface area contributed by atoms with Gasteiger partial charge < -0.3 is 9.80 Å². The Hall–Kier alpha value is -0.0800. The molecule has 0 N–H and O–H groups in total. The minimum Gasteiger partial charge on any atom is -0.306 e. The first-order chi connectivity index (χ1) is 13.9. The van der Waals surface area contributed by atoms with E-state index < -0.39 is 0 Å². The van der Waals surface area contributed by atoms with Gasteiger partial charge in [0, 0.05) is 12.1 Å². The van der Waals surface area contributed by atoms with Gasteiger partial charge in [0.25, 0.3) is 0 Å². The third-order valence-corrected chi connectivity index (χ3v) is 13.2. The van der Waals surface area contributed by atoms with Crippen molar-refractivity contribution in [1.29, 1.82) is 0 Å². The van der Waals surface area contributed by atoms with Crippen molar-refractivity contribution in [2.45, 2.75) is 104 Å². The molecule has 0 amide bonds. The van der Waals surface area contributed by atoms with Crippen molar-refractivity contribution in [3.05, 3.63) is 0 Å². The van der Waals surface area contributed by atoms with Crippen LogP contribution in [-0.4, -0.2) is 50.1 Å². The molecule has 5 fully saturated rings. The van der Waals surface area contributed by atoms with Crippen LogP contribution in [-0.2, 0) is 0 Å². The van der Waals surface area contributed by atoms with Crippen LogP contribution >= 0.6 is 0 Å². The summed E-state index contributed by atoms with van der Waals surface area (Å²) in [6, 6.07) is 1.48. The Morgan fingerprint density at radius 2 is 1.33 bits per heavy atom. The maximum Gasteiger partial charge on any atom is 0.0143 e. The van der Waals surface area contributed by atoms with Gasteiger partial charge in [-0.15, -0.1) is 0 Å². The van der Waals surface area contributed by atoms with Gasteiger partial charge in [0.2, 0.25) is 0 Å². The fourth-order valence-corrected chi connectivity index (χ4v) is 11.4. The van der Waals surface area contributed by atoms with Gasteiger partial charge in [-0.25, -0.2) is 0 Å². The summed E-state index contributed by atoms with van der Waals surface area (Å²) in [4.78, 5) is 5.06. The zero-order chi connectivity index (χ0) is 21.9. The number of hydrogen-bond acceptors (Lipinski definition) is 2. The Kier molecular flexibility index (Phi) is 4.55. The van der Waals surface area contributed by atoms with E-state index in [9.17, 15) is 0 Å². The molecule has 9 atom stereocenters. The predicted molar refractivity (Wildman–Crippen MR) is 128 cm³/mol. The van der Waals surface area contributed by atoms with Gasteiger partial charge in [0.15, 0.2) is 0 Å². The van der Waals surface area contributed by atoms with Crippen molar-refractivity contribution in [3.8, 4) is 0 Å². The molecule has 2 spiro atoms. The minimum atomic E-state index is 0.468. The second-order valence-electron chi connectivity index (χ2n) is 14.2. The fourth-order valence-electron chi connectivity index (χ4n) is 11.4. The average molecular weight is 415 g/mol. The number of nitrogens with zero attached hydrogens (tertiary/aromatic N) is 2. The first-order valence-electron chi connectivity index (χ1n) is 13.2. The number of fused-ring (bicyclic) bond motifs is 2. The topological polar surface area (TPSA) is 6.48 Å². The van der Waals surface area contributed by atoms with Crippen molar-refractivity contribution in [2.75, 3.05) is 28.2 Å². The first-order valence-corrected chi connectivity index (χ1v) is 13.2. The van der Waals surface area contributed by atoms with Gasteiger partial charge in [-0.05, 0) is 138 Å². The van der Waals surface area contributed by atoms with Crippen molar-refractivity contribution < 1.29 is 0 Å². The van der Waals surface area contributed by atoms with E-state index in [-0.39, 0.29) is 0 Å². The van der Waals surface area contributed by atoms with E-state index >= 15 is 0 Å². The van der Waals surface area contributed by atoms with Crippen molar-refractivity contribution in [1.82, 2.24) is 9.80 Å². The highest BCUT2D eigenvalue weighted by Gasteiger charge is 2.82. The molecule has 5 aliphatic rings. The maximum absolute atomic E-state index is 2.77. The molecule has 0 heterocycles. The van der Waals surface area contributed by atoms with Crippen molar-refractivity contribution in [2.24, 2.45) is 44.8 Å². The summed E-state index contributed by atoms with van der Waals surface area (Å²) in [6.45, 7) is 13.3. The highest BCUT2D eigenvalue weighted by Crippen LogP contribution is 2.89. The highest BCUT2D eigenvalue weighted by atomic mass is 15.1. The van der Waals surface area contributed by atoms with Crippen LogP contribution in [0.3, 0.4) is 0 Å². The van der Waals surface area contributed by atoms with E-state index in [1.54, 1.807) is 12.8 Å². The van der Waals surface area contributed by atoms with Crippen LogP contribution < -0.4 is 0 Å². The van der Waals surface area contributed by atoms with Crippen molar-refractivity contribution in [3.63, 3.8) is 0 Å². The molecule has 30 heavy (non-hydrogen) atoms. The SMILES string of the molecule is C[C@@H]([C@H]1CC[C@]2(C)[C@@H]3CC[C@H]4C(C)(C)[C@@H](N(C)C)CC[C@@]45C[C@@]35CC[C@]12C)N(C)C. The summed E-state index contributed by atoms with van der Waals surface area (Å²) in [5, 5.41) is 0. The zero-order valence-corrected chi connectivity index (χ0v) is 21.6. The Morgan fingerprint density at radius 3 is 1.97 bits per heavy atom. The van der Waals surface area contributed by atoms with Crippen LogP contribution in [0.5, 0.6) is 0 Å². The molecule has 2 heteroatoms. The fraction of sp³-hybridized carbons (Fsp3) is 1.00. The smallest absolute Gasteiger partial charge is 0.0143 e. The number of rotatable bonds is 3. The lowest BCUT2D eigenvalue weighted by Gasteiger charge is -2.64. The second-order valence-corrected chi connectivity index (χ2v) is 14.2. The van der Waals surface area contributed by atoms with E-state index in [1.807, 2.05) is 0 Å². The summed E-state index contributed by atoms with van der Waals surface area (Å²) in [6.07, 6.45) is 13.5. The molecule has 0 aliphatic heterocycles. The standard InChI is InChI=1S/C28H50N2/c1-19(29(6)7)20-12-14-26(5)22-11-10-21-24(2,3)23(30(8)9)13-15-27(21)18-28(22,27)17-16-25(20,26)4/h19-23H,10-18H2,1-9H3/t19-,20+,21-,22-,23-,25+,26+,27+,28-/m0/s1. The number of hydrogen-bond donors (Lipinski definition) is 0. The summed E-state index contributed by atoms with van der Waals surface area (Å²) >= 11 is 0. The zero-order valence-electron chi connectivity index (χ0n) is 21.6. The van der Waals surface area contributed by atoms with E-state index in [1.165, 1.54) is 44.9 Å². The summed E-state index contributed by atoms with van der Waals surface area (Å²) in [5.41, 5.74) is 2.97. The first kappa shape index (κ1) is 21.7. The molecular weight excluding hydrogens is 364 g/mol. The van der Waals surface area contributed by atoms with E-state index in [4.69, 9.17) is 0 Å². The minimum absolute atomic E-state index is 0.468. The molecule has 5 aliphatic carbocycles. The molecule has 5 saturated carbocycles. The second kappa shape index (κ2) is 6.28. The van der Waals surface area contributed by atoms with Crippen LogP contribution in [0, 0.1) is 44.8 Å². The third kappa shape index (κ3) is 2.29. The predicted octanol–water partition coefficient (Wildman–Crippen LogP) is 6.31. The maximum atomic E-state index is 2.77. The molecule has 0 saturated heterocycles. The van der Waals surface area contributed by atoms with Crippen LogP contribution in [0.25, 0.3) is 0 Å². The molecule has 5 rings (SSSR count). The summed E-state index contributed by atoms with van der Waals surface area (Å²) in [7, 11) is 9.27. The van der Waals surface area contributed by atoms with Gasteiger partial charge in [0.1, 0.15) is 0 Å². The van der Waals surface area contributed by atoms with E-state index in [2.05, 4.69) is 72.6 Å². The molecule has 0 aromatic rings. The van der Waals surface area contributed by atoms with Gasteiger partial charge in [-0.2, -0.15) is 0 Å². The normalized spacial score (nSPS) is 54.9. The lowest BCUT2D eigenvalue weighted by atomic mass is 9.41. The van der Waals surface area contributed by atoms with Gasteiger partial charge >= 0.3 is 0 Å². The van der Waals surface area contributed by atoms with Crippen molar-refractivity contribution >= 4 is 0 Å². The van der Waals surface area contributed by atoms with Crippen LogP contribution in [0.2, 0.25) is 0 Å². The van der Waals surface area contributed by atoms with Crippen LogP contribution in [0.15, 0.2) is 0 Å². The van der Waals surface area contributed by atoms with Gasteiger partial charge in [-0.1, -0.05) is 27.7 Å². The monoisotopic (exact) mass is 414 g/mol. The van der Waals surface area contributed by atoms with E-state index in [0.717, 1.165) is 23.8 Å². The lowest BCUT2D eigenvalue weighted by Crippen LogP contribution is -2.59. The quantitative estimate of drug-likeness (QED) is 0.534. The lowest BCUT2D eigenvalue weighted by molar-refractivity contribution is -0.152. The Labute approximate surface area is 187 Å². The van der Waals surface area contributed by atoms with Gasteiger partial charge in [0.05, 0.1) is 0 Å². The molecule has 0 bridgehead atoms. The Morgan fingerprint density at radius 1 is 0.700 bits per heavy atom. The summed E-state index contributed by atoms with van der Waals surface area (Å²) in [5.74, 6) is 2.82. The molecule has 0 radical (unpaired) electrons. The molecular formula is C28H50N2. The molecule has 0 aromatic carbocycles. The highest BCUT2D eigenvalue weighted by molar-refractivity contribution is 5.31. The Bertz CT molecular complexity index is 711. The van der Waals surface area contributed by atoms with E-state index in [0.29, 0.717) is 33.1 Å². The third-order valence-electron chi connectivity index (χ3n) is 13.2. The molecule has 2 nitrogen and oxygen atoms in total. The summed E-state index contributed by atoms with van der Waals surface area (Å²) < 4.78 is 0. The molecule has 0 aromatic heterocycles. The molecule has 0 unspecified atom stereocenters. The largest absolute Gasteiger partial charge is 0.306 e. The molecule has 172 valence electrons. The Balaban J connectivity index is 1.48. The van der Waals surface area contributed by atoms with Gasteiger partial charge in [-0.3, -0.25) is 0 Å².